The van der Waals surface area contributed by atoms with Gasteiger partial charge in [-0.15, -0.1) is 0 Å². The highest BCUT2D eigenvalue weighted by Gasteiger charge is 2.19. The first-order chi connectivity index (χ1) is 8.83. The molecule has 1 saturated carbocycles. The van der Waals surface area contributed by atoms with Crippen molar-refractivity contribution in [1.82, 2.24) is 4.98 Å². The number of carbonyl (C=O) groups is 1. The van der Waals surface area contributed by atoms with Crippen LogP contribution in [0.1, 0.15) is 43.6 Å². The van der Waals surface area contributed by atoms with Crippen LogP contribution < -0.4 is 0 Å². The molecule has 0 saturated heterocycles. The van der Waals surface area contributed by atoms with E-state index in [1.807, 2.05) is 12.3 Å². The molecule has 2 nitrogen and oxygen atoms in total. The van der Waals surface area contributed by atoms with Gasteiger partial charge in [0.2, 0.25) is 0 Å². The minimum absolute atomic E-state index is 0.407. The fourth-order valence-corrected chi connectivity index (χ4v) is 2.82. The molecule has 1 aliphatic rings. The molecule has 1 unspecified atom stereocenters. The number of benzene rings is 1. The zero-order chi connectivity index (χ0) is 12.4. The molecule has 1 aliphatic carbocycles. The van der Waals surface area contributed by atoms with Crippen LogP contribution in [0.2, 0.25) is 0 Å². The number of aromatic nitrogens is 1. The molecule has 0 spiro atoms. The molecule has 0 amide bonds. The zero-order valence-corrected chi connectivity index (χ0v) is 10.4. The summed E-state index contributed by atoms with van der Waals surface area (Å²) in [4.78, 5) is 16.1. The van der Waals surface area contributed by atoms with Gasteiger partial charge in [0.15, 0.2) is 0 Å². The van der Waals surface area contributed by atoms with E-state index in [1.165, 1.54) is 17.4 Å². The number of hydrogen-bond donors (Lipinski definition) is 0. The van der Waals surface area contributed by atoms with Crippen molar-refractivity contribution in [3.05, 3.63) is 42.1 Å². The Bertz CT molecular complexity index is 576. The molecule has 1 fully saturated rings. The van der Waals surface area contributed by atoms with Crippen LogP contribution >= 0.6 is 0 Å². The highest BCUT2D eigenvalue weighted by molar-refractivity contribution is 5.81. The lowest BCUT2D eigenvalue weighted by Crippen LogP contribution is -2.03. The normalized spacial score (nSPS) is 20.9. The van der Waals surface area contributed by atoms with Gasteiger partial charge in [-0.1, -0.05) is 18.6 Å². The topological polar surface area (TPSA) is 30.0 Å². The minimum atomic E-state index is 0.407. The Balaban J connectivity index is 1.95. The van der Waals surface area contributed by atoms with Crippen LogP contribution in [0.25, 0.3) is 10.9 Å². The maximum atomic E-state index is 11.7. The second-order valence-corrected chi connectivity index (χ2v) is 5.14. The summed E-state index contributed by atoms with van der Waals surface area (Å²) in [7, 11) is 0. The molecule has 1 aromatic carbocycles. The fraction of sp³-hybridized carbons (Fsp3) is 0.375. The molecule has 0 aliphatic heterocycles. The predicted molar refractivity (Wildman–Crippen MR) is 72.6 cm³/mol. The molecule has 0 radical (unpaired) electrons. The Hall–Kier alpha value is -1.70. The summed E-state index contributed by atoms with van der Waals surface area (Å²) in [6.07, 6.45) is 6.66. The molecule has 92 valence electrons. The number of hydrogen-bond acceptors (Lipinski definition) is 2. The van der Waals surface area contributed by atoms with E-state index in [2.05, 4.69) is 29.2 Å². The van der Waals surface area contributed by atoms with Crippen molar-refractivity contribution in [2.45, 2.75) is 38.0 Å². The third-order valence-electron chi connectivity index (χ3n) is 3.83. The number of Topliss-reactive ketones (excluding diaryl/α,β-unsaturated/α-hetero) is 1. The molecule has 2 aromatic rings. The second kappa shape index (κ2) is 4.89. The van der Waals surface area contributed by atoms with Gasteiger partial charge in [0.25, 0.3) is 0 Å². The second-order valence-electron chi connectivity index (χ2n) is 5.14. The SMILES string of the molecule is O=C1CCCCC(c2ccc3ncccc3c2)C1. The molecule has 1 aromatic heterocycles. The Morgan fingerprint density at radius 2 is 2.11 bits per heavy atom. The summed E-state index contributed by atoms with van der Waals surface area (Å²) >= 11 is 0. The molecule has 0 N–H and O–H groups in total. The first kappa shape index (κ1) is 11.4. The van der Waals surface area contributed by atoms with E-state index < -0.39 is 0 Å². The quantitative estimate of drug-likeness (QED) is 0.707. The first-order valence-electron chi connectivity index (χ1n) is 6.69. The van der Waals surface area contributed by atoms with Crippen LogP contribution in [0.5, 0.6) is 0 Å². The van der Waals surface area contributed by atoms with Gasteiger partial charge in [0, 0.05) is 24.4 Å². The van der Waals surface area contributed by atoms with Crippen LogP contribution in [0.3, 0.4) is 0 Å². The average Bonchev–Trinajstić information content (AvgIpc) is 2.63. The molecule has 1 heterocycles. The van der Waals surface area contributed by atoms with Gasteiger partial charge in [-0.2, -0.15) is 0 Å². The van der Waals surface area contributed by atoms with E-state index in [4.69, 9.17) is 0 Å². The van der Waals surface area contributed by atoms with E-state index in [9.17, 15) is 4.79 Å². The molecular formula is C16H17NO. The summed E-state index contributed by atoms with van der Waals surface area (Å²) in [5.74, 6) is 0.827. The third-order valence-corrected chi connectivity index (χ3v) is 3.83. The maximum absolute atomic E-state index is 11.7. The lowest BCUT2D eigenvalue weighted by atomic mass is 9.90. The van der Waals surface area contributed by atoms with E-state index in [-0.39, 0.29) is 0 Å². The molecule has 0 bridgehead atoms. The summed E-state index contributed by atoms with van der Waals surface area (Å²) in [5, 5.41) is 1.17. The van der Waals surface area contributed by atoms with Gasteiger partial charge in [-0.25, -0.2) is 0 Å². The molecule has 1 atom stereocenters. The molecule has 3 rings (SSSR count). The monoisotopic (exact) mass is 239 g/mol. The van der Waals surface area contributed by atoms with Gasteiger partial charge >= 0.3 is 0 Å². The van der Waals surface area contributed by atoms with Crippen LogP contribution in [0.4, 0.5) is 0 Å². The Labute approximate surface area is 107 Å². The Kier molecular flexibility index (Phi) is 3.09. The highest BCUT2D eigenvalue weighted by atomic mass is 16.1. The predicted octanol–water partition coefficient (Wildman–Crippen LogP) is 3.85. The van der Waals surface area contributed by atoms with Crippen LogP contribution in [-0.2, 0) is 4.79 Å². The van der Waals surface area contributed by atoms with Crippen LogP contribution in [-0.4, -0.2) is 10.8 Å². The largest absolute Gasteiger partial charge is 0.300 e. The number of rotatable bonds is 1. The van der Waals surface area contributed by atoms with Crippen molar-refractivity contribution in [3.8, 4) is 0 Å². The van der Waals surface area contributed by atoms with Gasteiger partial charge in [-0.05, 0) is 42.5 Å². The van der Waals surface area contributed by atoms with Crippen LogP contribution in [0, 0.1) is 0 Å². The number of fused-ring (bicyclic) bond motifs is 1. The van der Waals surface area contributed by atoms with Gasteiger partial charge < -0.3 is 0 Å². The zero-order valence-electron chi connectivity index (χ0n) is 10.4. The van der Waals surface area contributed by atoms with Crippen molar-refractivity contribution in [2.75, 3.05) is 0 Å². The summed E-state index contributed by atoms with van der Waals surface area (Å²) in [5.41, 5.74) is 2.33. The van der Waals surface area contributed by atoms with Crippen LogP contribution in [0.15, 0.2) is 36.5 Å². The van der Waals surface area contributed by atoms with Crippen molar-refractivity contribution >= 4 is 16.7 Å². The molecule has 2 heteroatoms. The van der Waals surface area contributed by atoms with Crippen molar-refractivity contribution in [1.29, 1.82) is 0 Å². The lowest BCUT2D eigenvalue weighted by molar-refractivity contribution is -0.119. The van der Waals surface area contributed by atoms with Gasteiger partial charge in [-0.3, -0.25) is 9.78 Å². The summed E-state index contributed by atoms with van der Waals surface area (Å²) in [6.45, 7) is 0. The summed E-state index contributed by atoms with van der Waals surface area (Å²) in [6, 6.07) is 10.5. The highest BCUT2D eigenvalue weighted by Crippen LogP contribution is 2.31. The number of nitrogens with zero attached hydrogens (tertiary/aromatic N) is 1. The third kappa shape index (κ3) is 2.28. The van der Waals surface area contributed by atoms with Crippen molar-refractivity contribution in [2.24, 2.45) is 0 Å². The fourth-order valence-electron chi connectivity index (χ4n) is 2.82. The van der Waals surface area contributed by atoms with E-state index in [1.54, 1.807) is 0 Å². The van der Waals surface area contributed by atoms with E-state index >= 15 is 0 Å². The first-order valence-corrected chi connectivity index (χ1v) is 6.69. The minimum Gasteiger partial charge on any atom is -0.300 e. The van der Waals surface area contributed by atoms with Crippen molar-refractivity contribution in [3.63, 3.8) is 0 Å². The number of ketones is 1. The average molecular weight is 239 g/mol. The summed E-state index contributed by atoms with van der Waals surface area (Å²) < 4.78 is 0. The van der Waals surface area contributed by atoms with Gasteiger partial charge in [0.05, 0.1) is 5.52 Å². The number of pyridine rings is 1. The lowest BCUT2D eigenvalue weighted by Gasteiger charge is -2.14. The number of carbonyl (C=O) groups excluding carboxylic acids is 1. The molecule has 18 heavy (non-hydrogen) atoms. The Morgan fingerprint density at radius 1 is 1.17 bits per heavy atom. The molecular weight excluding hydrogens is 222 g/mol. The van der Waals surface area contributed by atoms with E-state index in [0.717, 1.165) is 24.8 Å². The smallest absolute Gasteiger partial charge is 0.133 e. The van der Waals surface area contributed by atoms with E-state index in [0.29, 0.717) is 18.1 Å². The maximum Gasteiger partial charge on any atom is 0.133 e. The van der Waals surface area contributed by atoms with Gasteiger partial charge in [0.1, 0.15) is 5.78 Å². The standard InChI is InChI=1S/C16H17NO/c18-15-6-2-1-4-12(11-15)13-7-8-16-14(10-13)5-3-9-17-16/h3,5,7-10,12H,1-2,4,6,11H2. The Morgan fingerprint density at radius 3 is 3.06 bits per heavy atom. The van der Waals surface area contributed by atoms with Crippen molar-refractivity contribution < 1.29 is 4.79 Å².